The van der Waals surface area contributed by atoms with Crippen molar-refractivity contribution in [3.8, 4) is 5.75 Å². The van der Waals surface area contributed by atoms with Gasteiger partial charge in [0, 0.05) is 39.4 Å². The number of carbonyl (C=O) groups excluding carboxylic acids is 1. The average Bonchev–Trinajstić information content (AvgIpc) is 2.83. The summed E-state index contributed by atoms with van der Waals surface area (Å²) in [6, 6.07) is 14.3. The number of aliphatic hydroxyl groups is 1. The van der Waals surface area contributed by atoms with E-state index in [1.807, 2.05) is 18.2 Å². The summed E-state index contributed by atoms with van der Waals surface area (Å²) in [6.07, 6.45) is 3.42. The molecule has 2 aliphatic heterocycles. The van der Waals surface area contributed by atoms with Crippen molar-refractivity contribution in [2.75, 3.05) is 40.0 Å². The van der Waals surface area contributed by atoms with Crippen LogP contribution in [0.3, 0.4) is 0 Å². The van der Waals surface area contributed by atoms with Gasteiger partial charge in [-0.15, -0.1) is 0 Å². The van der Waals surface area contributed by atoms with Crippen LogP contribution in [0.1, 0.15) is 39.9 Å². The van der Waals surface area contributed by atoms with Crippen LogP contribution in [0.4, 0.5) is 0 Å². The van der Waals surface area contributed by atoms with E-state index in [4.69, 9.17) is 9.47 Å². The minimum absolute atomic E-state index is 0.210. The number of hydrogen-bond donors (Lipinski definition) is 2. The van der Waals surface area contributed by atoms with E-state index in [0.29, 0.717) is 23.8 Å². The molecular formula is C26H34N2O4. The molecule has 2 aromatic carbocycles. The molecule has 1 amide bonds. The standard InChI is InChI=1S/C26H34N2O4/c1-31-25-7-6-20(14-19-9-12-32-13-10-19)15-24(25)26(30)27-16-23(29)18-28-11-8-21-4-2-3-5-22(21)17-28/h2-7,15,19,23,29H,8-14,16-18H2,1H3,(H,27,30). The summed E-state index contributed by atoms with van der Waals surface area (Å²) in [7, 11) is 1.58. The van der Waals surface area contributed by atoms with Gasteiger partial charge in [0.05, 0.1) is 18.8 Å². The van der Waals surface area contributed by atoms with Gasteiger partial charge in [-0.3, -0.25) is 9.69 Å². The van der Waals surface area contributed by atoms with Crippen LogP contribution in [-0.4, -0.2) is 62.0 Å². The van der Waals surface area contributed by atoms with E-state index >= 15 is 0 Å². The lowest BCUT2D eigenvalue weighted by Crippen LogP contribution is -2.42. The van der Waals surface area contributed by atoms with Crippen molar-refractivity contribution >= 4 is 5.91 Å². The second-order valence-electron chi connectivity index (χ2n) is 8.91. The predicted octanol–water partition coefficient (Wildman–Crippen LogP) is 2.81. The molecular weight excluding hydrogens is 404 g/mol. The van der Waals surface area contributed by atoms with Crippen LogP contribution >= 0.6 is 0 Å². The van der Waals surface area contributed by atoms with Gasteiger partial charge in [-0.05, 0) is 60.4 Å². The third-order valence-corrected chi connectivity index (χ3v) is 6.55. The molecule has 0 aliphatic carbocycles. The van der Waals surface area contributed by atoms with Crippen LogP contribution in [0.15, 0.2) is 42.5 Å². The molecule has 4 rings (SSSR count). The molecule has 0 spiro atoms. The Morgan fingerprint density at radius 2 is 2.00 bits per heavy atom. The zero-order valence-corrected chi connectivity index (χ0v) is 18.9. The highest BCUT2D eigenvalue weighted by molar-refractivity contribution is 5.97. The van der Waals surface area contributed by atoms with Crippen LogP contribution in [0, 0.1) is 5.92 Å². The van der Waals surface area contributed by atoms with Crippen molar-refractivity contribution in [1.29, 1.82) is 0 Å². The van der Waals surface area contributed by atoms with Crippen LogP contribution in [0.2, 0.25) is 0 Å². The van der Waals surface area contributed by atoms with E-state index in [9.17, 15) is 9.90 Å². The molecule has 1 atom stereocenters. The van der Waals surface area contributed by atoms with E-state index < -0.39 is 6.10 Å². The lowest BCUT2D eigenvalue weighted by atomic mass is 9.91. The van der Waals surface area contributed by atoms with Gasteiger partial charge in [0.15, 0.2) is 0 Å². The Morgan fingerprint density at radius 1 is 1.22 bits per heavy atom. The van der Waals surface area contributed by atoms with Gasteiger partial charge >= 0.3 is 0 Å². The number of rotatable bonds is 8. The fourth-order valence-electron chi connectivity index (χ4n) is 4.72. The van der Waals surface area contributed by atoms with E-state index in [2.05, 4.69) is 34.5 Å². The molecule has 32 heavy (non-hydrogen) atoms. The zero-order valence-electron chi connectivity index (χ0n) is 18.9. The number of nitrogens with one attached hydrogen (secondary N) is 1. The molecule has 6 heteroatoms. The first-order chi connectivity index (χ1) is 15.6. The molecule has 0 saturated carbocycles. The summed E-state index contributed by atoms with van der Waals surface area (Å²) in [5, 5.41) is 13.4. The maximum absolute atomic E-state index is 12.9. The van der Waals surface area contributed by atoms with Gasteiger partial charge in [-0.1, -0.05) is 30.3 Å². The summed E-state index contributed by atoms with van der Waals surface area (Å²) >= 11 is 0. The Bertz CT molecular complexity index is 910. The lowest BCUT2D eigenvalue weighted by molar-refractivity contribution is 0.0665. The minimum Gasteiger partial charge on any atom is -0.496 e. The highest BCUT2D eigenvalue weighted by Gasteiger charge is 2.21. The van der Waals surface area contributed by atoms with E-state index in [1.165, 1.54) is 11.1 Å². The number of nitrogens with zero attached hydrogens (tertiary/aromatic N) is 1. The monoisotopic (exact) mass is 438 g/mol. The van der Waals surface area contributed by atoms with Crippen LogP contribution in [0.25, 0.3) is 0 Å². The second-order valence-corrected chi connectivity index (χ2v) is 8.91. The minimum atomic E-state index is -0.624. The van der Waals surface area contributed by atoms with Gasteiger partial charge in [-0.25, -0.2) is 0 Å². The number of fused-ring (bicyclic) bond motifs is 1. The van der Waals surface area contributed by atoms with Crippen molar-refractivity contribution in [3.63, 3.8) is 0 Å². The zero-order chi connectivity index (χ0) is 22.3. The lowest BCUT2D eigenvalue weighted by Gasteiger charge is -2.30. The molecule has 0 aromatic heterocycles. The molecule has 6 nitrogen and oxygen atoms in total. The Kier molecular flexibility index (Phi) is 7.79. The molecule has 1 saturated heterocycles. The maximum Gasteiger partial charge on any atom is 0.255 e. The SMILES string of the molecule is COc1ccc(CC2CCOCC2)cc1C(=O)NCC(O)CN1CCc2ccccc2C1. The number of amides is 1. The number of methoxy groups -OCH3 is 1. The summed E-state index contributed by atoms with van der Waals surface area (Å²) in [5.74, 6) is 0.934. The summed E-state index contributed by atoms with van der Waals surface area (Å²) in [6.45, 7) is 4.14. The van der Waals surface area contributed by atoms with E-state index in [1.54, 1.807) is 7.11 Å². The highest BCUT2D eigenvalue weighted by atomic mass is 16.5. The molecule has 172 valence electrons. The molecule has 0 bridgehead atoms. The number of β-amino-alcohol motifs (C(OH)–C–C–N with tert-alkyl or cyclic N) is 1. The number of ether oxygens (including phenoxy) is 2. The largest absolute Gasteiger partial charge is 0.496 e. The van der Waals surface area contributed by atoms with Crippen molar-refractivity contribution < 1.29 is 19.4 Å². The Morgan fingerprint density at radius 3 is 2.78 bits per heavy atom. The van der Waals surface area contributed by atoms with Crippen molar-refractivity contribution in [2.24, 2.45) is 5.92 Å². The van der Waals surface area contributed by atoms with Crippen LogP contribution in [0.5, 0.6) is 5.75 Å². The summed E-state index contributed by atoms with van der Waals surface area (Å²) < 4.78 is 10.9. The molecule has 2 N–H and O–H groups in total. The molecule has 2 heterocycles. The first-order valence-electron chi connectivity index (χ1n) is 11.6. The number of carbonyl (C=O) groups is 1. The predicted molar refractivity (Wildman–Crippen MR) is 124 cm³/mol. The third-order valence-electron chi connectivity index (χ3n) is 6.55. The maximum atomic E-state index is 12.9. The van der Waals surface area contributed by atoms with Gasteiger partial charge < -0.3 is 19.9 Å². The van der Waals surface area contributed by atoms with Gasteiger partial charge in [0.2, 0.25) is 0 Å². The molecule has 1 fully saturated rings. The topological polar surface area (TPSA) is 71.0 Å². The number of aliphatic hydroxyl groups excluding tert-OH is 1. The average molecular weight is 439 g/mol. The first-order valence-corrected chi connectivity index (χ1v) is 11.6. The first kappa shape index (κ1) is 22.8. The van der Waals surface area contributed by atoms with E-state index in [0.717, 1.165) is 57.6 Å². The Hall–Kier alpha value is -2.41. The molecule has 2 aromatic rings. The number of benzene rings is 2. The highest BCUT2D eigenvalue weighted by Crippen LogP contribution is 2.25. The normalized spacial score (nSPS) is 18.1. The van der Waals surface area contributed by atoms with E-state index in [-0.39, 0.29) is 12.5 Å². The van der Waals surface area contributed by atoms with Crippen molar-refractivity contribution in [1.82, 2.24) is 10.2 Å². The Balaban J connectivity index is 1.31. The fourth-order valence-corrected chi connectivity index (χ4v) is 4.72. The second kappa shape index (κ2) is 10.9. The van der Waals surface area contributed by atoms with Crippen molar-refractivity contribution in [2.45, 2.75) is 38.3 Å². The molecule has 0 radical (unpaired) electrons. The third kappa shape index (κ3) is 5.88. The fraction of sp³-hybridized carbons (Fsp3) is 0.500. The van der Waals surface area contributed by atoms with Gasteiger partial charge in [0.25, 0.3) is 5.91 Å². The number of hydrogen-bond acceptors (Lipinski definition) is 5. The van der Waals surface area contributed by atoms with Gasteiger partial charge in [0.1, 0.15) is 5.75 Å². The quantitative estimate of drug-likeness (QED) is 0.663. The Labute approximate surface area is 190 Å². The summed E-state index contributed by atoms with van der Waals surface area (Å²) in [4.78, 5) is 15.1. The van der Waals surface area contributed by atoms with Crippen LogP contribution < -0.4 is 10.1 Å². The van der Waals surface area contributed by atoms with Crippen molar-refractivity contribution in [3.05, 3.63) is 64.7 Å². The smallest absolute Gasteiger partial charge is 0.255 e. The molecule has 1 unspecified atom stereocenters. The van der Waals surface area contributed by atoms with Crippen LogP contribution in [-0.2, 0) is 24.1 Å². The summed E-state index contributed by atoms with van der Waals surface area (Å²) in [5.41, 5.74) is 4.37. The molecule has 2 aliphatic rings. The van der Waals surface area contributed by atoms with Gasteiger partial charge in [-0.2, -0.15) is 0 Å².